The molecule has 1 unspecified atom stereocenters. The Morgan fingerprint density at radius 3 is 3.00 bits per heavy atom. The van der Waals surface area contributed by atoms with Crippen LogP contribution in [0.5, 0.6) is 0 Å². The SMILES string of the molecule is O=S1(=O)CCC2CN(c3cc(Cl)cc4[nH]ccc34)CCN21. The van der Waals surface area contributed by atoms with Crippen LogP contribution in [0.3, 0.4) is 0 Å². The number of aromatic nitrogens is 1. The number of fused-ring (bicyclic) bond motifs is 2. The smallest absolute Gasteiger partial charge is 0.214 e. The first-order valence-electron chi connectivity index (χ1n) is 7.06. The molecule has 2 aromatic rings. The van der Waals surface area contributed by atoms with Gasteiger partial charge in [-0.25, -0.2) is 8.42 Å². The van der Waals surface area contributed by atoms with Crippen LogP contribution >= 0.6 is 11.6 Å². The van der Waals surface area contributed by atoms with Gasteiger partial charge in [0.1, 0.15) is 0 Å². The highest BCUT2D eigenvalue weighted by molar-refractivity contribution is 7.89. The first-order chi connectivity index (χ1) is 10.0. The van der Waals surface area contributed by atoms with Gasteiger partial charge in [0.05, 0.1) is 5.75 Å². The number of hydrogen-bond acceptors (Lipinski definition) is 3. The van der Waals surface area contributed by atoms with Gasteiger partial charge in [-0.15, -0.1) is 0 Å². The molecule has 7 heteroatoms. The number of nitrogens with one attached hydrogen (secondary N) is 1. The average molecular weight is 326 g/mol. The molecule has 3 heterocycles. The lowest BCUT2D eigenvalue weighted by Crippen LogP contribution is -2.51. The maximum atomic E-state index is 11.9. The molecule has 0 aliphatic carbocycles. The molecule has 2 fully saturated rings. The molecule has 112 valence electrons. The van der Waals surface area contributed by atoms with E-state index in [1.54, 1.807) is 4.31 Å². The van der Waals surface area contributed by atoms with Crippen LogP contribution in [-0.2, 0) is 10.0 Å². The number of benzene rings is 1. The highest BCUT2D eigenvalue weighted by Crippen LogP contribution is 2.34. The third-order valence-electron chi connectivity index (χ3n) is 4.45. The van der Waals surface area contributed by atoms with E-state index in [1.165, 1.54) is 0 Å². The van der Waals surface area contributed by atoms with E-state index in [4.69, 9.17) is 11.6 Å². The van der Waals surface area contributed by atoms with Crippen LogP contribution < -0.4 is 4.90 Å². The zero-order valence-corrected chi connectivity index (χ0v) is 13.0. The number of nitrogens with zero attached hydrogens (tertiary/aromatic N) is 2. The summed E-state index contributed by atoms with van der Waals surface area (Å²) in [6.07, 6.45) is 2.62. The standard InChI is InChI=1S/C14H16ClN3O2S/c15-10-7-13-12(1-3-16-13)14(8-10)17-4-5-18-11(9-17)2-6-21(18,19)20/h1,3,7-8,11,16H,2,4-6,9H2. The maximum Gasteiger partial charge on any atom is 0.214 e. The third-order valence-corrected chi connectivity index (χ3v) is 6.61. The molecule has 2 saturated heterocycles. The third kappa shape index (κ3) is 2.13. The average Bonchev–Trinajstić information content (AvgIpc) is 3.02. The van der Waals surface area contributed by atoms with Crippen LogP contribution in [0.1, 0.15) is 6.42 Å². The van der Waals surface area contributed by atoms with Gasteiger partial charge in [-0.2, -0.15) is 4.31 Å². The maximum absolute atomic E-state index is 11.9. The minimum Gasteiger partial charge on any atom is -0.368 e. The summed E-state index contributed by atoms with van der Waals surface area (Å²) in [6, 6.07) is 6.02. The van der Waals surface area contributed by atoms with E-state index in [9.17, 15) is 8.42 Å². The normalized spacial score (nSPS) is 25.4. The van der Waals surface area contributed by atoms with Crippen LogP contribution in [0.4, 0.5) is 5.69 Å². The molecule has 1 N–H and O–H groups in total. The van der Waals surface area contributed by atoms with Crippen molar-refractivity contribution in [1.82, 2.24) is 9.29 Å². The minimum absolute atomic E-state index is 0.0942. The second kappa shape index (κ2) is 4.63. The lowest BCUT2D eigenvalue weighted by Gasteiger charge is -2.38. The Balaban J connectivity index is 1.70. The molecule has 2 aliphatic rings. The first kappa shape index (κ1) is 13.4. The molecule has 1 atom stereocenters. The van der Waals surface area contributed by atoms with Gasteiger partial charge in [-0.1, -0.05) is 11.6 Å². The van der Waals surface area contributed by atoms with Gasteiger partial charge in [0, 0.05) is 53.5 Å². The Hall–Kier alpha value is -1.24. The molecule has 0 saturated carbocycles. The Morgan fingerprint density at radius 1 is 1.29 bits per heavy atom. The molecule has 5 nitrogen and oxygen atoms in total. The van der Waals surface area contributed by atoms with E-state index in [-0.39, 0.29) is 11.8 Å². The van der Waals surface area contributed by atoms with Gasteiger partial charge in [0.25, 0.3) is 0 Å². The van der Waals surface area contributed by atoms with Crippen molar-refractivity contribution in [1.29, 1.82) is 0 Å². The summed E-state index contributed by atoms with van der Waals surface area (Å²) in [5.41, 5.74) is 2.10. The summed E-state index contributed by atoms with van der Waals surface area (Å²) in [5.74, 6) is 0.278. The van der Waals surface area contributed by atoms with Crippen molar-refractivity contribution in [3.63, 3.8) is 0 Å². The zero-order valence-electron chi connectivity index (χ0n) is 11.4. The van der Waals surface area contributed by atoms with Crippen LogP contribution in [0.15, 0.2) is 24.4 Å². The number of H-pyrrole nitrogens is 1. The van der Waals surface area contributed by atoms with Crippen molar-refractivity contribution in [3.8, 4) is 0 Å². The second-order valence-electron chi connectivity index (χ2n) is 5.68. The zero-order chi connectivity index (χ0) is 14.6. The van der Waals surface area contributed by atoms with E-state index in [0.29, 0.717) is 18.1 Å². The van der Waals surface area contributed by atoms with Crippen LogP contribution in [0.25, 0.3) is 10.9 Å². The number of aromatic amines is 1. The summed E-state index contributed by atoms with van der Waals surface area (Å²) in [4.78, 5) is 5.44. The van der Waals surface area contributed by atoms with E-state index in [2.05, 4.69) is 9.88 Å². The molecule has 4 rings (SSSR count). The molecule has 1 aromatic heterocycles. The topological polar surface area (TPSA) is 56.4 Å². The number of sulfonamides is 1. The van der Waals surface area contributed by atoms with Gasteiger partial charge >= 0.3 is 0 Å². The fourth-order valence-corrected chi connectivity index (χ4v) is 5.44. The van der Waals surface area contributed by atoms with Gasteiger partial charge in [0.2, 0.25) is 10.0 Å². The Labute approximate surface area is 128 Å². The van der Waals surface area contributed by atoms with E-state index in [1.807, 2.05) is 24.4 Å². The molecular weight excluding hydrogens is 310 g/mol. The molecule has 0 bridgehead atoms. The summed E-state index contributed by atoms with van der Waals surface area (Å²) < 4.78 is 25.6. The predicted octanol–water partition coefficient (Wildman–Crippen LogP) is 2.05. The summed E-state index contributed by atoms with van der Waals surface area (Å²) in [7, 11) is -3.02. The molecular formula is C14H16ClN3O2S. The van der Waals surface area contributed by atoms with Crippen LogP contribution in [0, 0.1) is 0 Å². The summed E-state index contributed by atoms with van der Waals surface area (Å²) in [5, 5.41) is 1.83. The van der Waals surface area contributed by atoms with Crippen molar-refractivity contribution >= 4 is 38.2 Å². The fraction of sp³-hybridized carbons (Fsp3) is 0.429. The summed E-state index contributed by atoms with van der Waals surface area (Å²) >= 11 is 6.20. The molecule has 21 heavy (non-hydrogen) atoms. The highest BCUT2D eigenvalue weighted by atomic mass is 35.5. The Morgan fingerprint density at radius 2 is 2.14 bits per heavy atom. The quantitative estimate of drug-likeness (QED) is 0.873. The van der Waals surface area contributed by atoms with E-state index in [0.717, 1.165) is 29.6 Å². The minimum atomic E-state index is -3.02. The molecule has 0 amide bonds. The second-order valence-corrected chi connectivity index (χ2v) is 8.16. The number of anilines is 1. The lowest BCUT2D eigenvalue weighted by molar-refractivity contribution is 0.311. The lowest BCUT2D eigenvalue weighted by atomic mass is 10.1. The van der Waals surface area contributed by atoms with Crippen LogP contribution in [-0.4, -0.2) is 49.1 Å². The molecule has 2 aliphatic heterocycles. The predicted molar refractivity (Wildman–Crippen MR) is 84.4 cm³/mol. The molecule has 0 spiro atoms. The fourth-order valence-electron chi connectivity index (χ4n) is 3.44. The van der Waals surface area contributed by atoms with Crippen molar-refractivity contribution in [3.05, 3.63) is 29.4 Å². The van der Waals surface area contributed by atoms with Crippen molar-refractivity contribution < 1.29 is 8.42 Å². The first-order valence-corrected chi connectivity index (χ1v) is 9.04. The van der Waals surface area contributed by atoms with Gasteiger partial charge in [-0.3, -0.25) is 0 Å². The molecule has 0 radical (unpaired) electrons. The van der Waals surface area contributed by atoms with Crippen LogP contribution in [0.2, 0.25) is 5.02 Å². The van der Waals surface area contributed by atoms with E-state index >= 15 is 0 Å². The van der Waals surface area contributed by atoms with Crippen molar-refractivity contribution in [2.24, 2.45) is 0 Å². The Bertz CT molecular complexity index is 802. The van der Waals surface area contributed by atoms with Crippen molar-refractivity contribution in [2.75, 3.05) is 30.3 Å². The number of rotatable bonds is 1. The largest absolute Gasteiger partial charge is 0.368 e. The van der Waals surface area contributed by atoms with Crippen molar-refractivity contribution in [2.45, 2.75) is 12.5 Å². The summed E-state index contributed by atoms with van der Waals surface area (Å²) in [6.45, 7) is 2.00. The monoisotopic (exact) mass is 325 g/mol. The number of halogens is 1. The number of piperazine rings is 1. The van der Waals surface area contributed by atoms with Gasteiger partial charge in [-0.05, 0) is 24.6 Å². The Kier molecular flexibility index (Phi) is 2.96. The van der Waals surface area contributed by atoms with E-state index < -0.39 is 10.0 Å². The highest BCUT2D eigenvalue weighted by Gasteiger charge is 2.41. The van der Waals surface area contributed by atoms with Gasteiger partial charge < -0.3 is 9.88 Å². The molecule has 1 aromatic carbocycles. The van der Waals surface area contributed by atoms with Gasteiger partial charge in [0.15, 0.2) is 0 Å². The number of hydrogen-bond donors (Lipinski definition) is 1.